The topological polar surface area (TPSA) is 66.0 Å². The summed E-state index contributed by atoms with van der Waals surface area (Å²) in [6.07, 6.45) is 0. The molecule has 0 saturated heterocycles. The second-order valence-electron chi connectivity index (χ2n) is 3.87. The maximum atomic E-state index is 6.24. The summed E-state index contributed by atoms with van der Waals surface area (Å²) in [6, 6.07) is 7.45. The number of rotatable bonds is 4. The van der Waals surface area contributed by atoms with Crippen LogP contribution < -0.4 is 10.5 Å². The standard InChI is InChI=1S/C12H15BrN4O/c1-3-18-9-6-4-5-8(7-9)10(14)11-12(13)15-16-17(11)2/h4-7,10H,3,14H2,1-2H3. The number of benzene rings is 1. The van der Waals surface area contributed by atoms with Gasteiger partial charge in [-0.3, -0.25) is 0 Å². The Hall–Kier alpha value is -1.40. The fourth-order valence-electron chi connectivity index (χ4n) is 1.79. The molecule has 2 aromatic rings. The molecule has 0 aliphatic carbocycles. The van der Waals surface area contributed by atoms with Gasteiger partial charge in [0.1, 0.15) is 5.75 Å². The van der Waals surface area contributed by atoms with E-state index in [0.717, 1.165) is 17.0 Å². The van der Waals surface area contributed by atoms with E-state index < -0.39 is 0 Å². The summed E-state index contributed by atoms with van der Waals surface area (Å²) >= 11 is 3.36. The first kappa shape index (κ1) is 13.0. The van der Waals surface area contributed by atoms with Crippen molar-refractivity contribution in [2.75, 3.05) is 6.61 Å². The predicted molar refractivity (Wildman–Crippen MR) is 72.3 cm³/mol. The Kier molecular flexibility index (Phi) is 3.98. The third-order valence-corrected chi connectivity index (χ3v) is 3.21. The van der Waals surface area contributed by atoms with Gasteiger partial charge in [0.05, 0.1) is 18.3 Å². The van der Waals surface area contributed by atoms with Gasteiger partial charge in [0.25, 0.3) is 0 Å². The number of halogens is 1. The molecule has 1 unspecified atom stereocenters. The highest BCUT2D eigenvalue weighted by Crippen LogP contribution is 2.26. The van der Waals surface area contributed by atoms with E-state index in [-0.39, 0.29) is 6.04 Å². The molecule has 0 radical (unpaired) electrons. The Morgan fingerprint density at radius 1 is 1.50 bits per heavy atom. The first-order valence-corrected chi connectivity index (χ1v) is 6.46. The summed E-state index contributed by atoms with van der Waals surface area (Å²) < 4.78 is 7.80. The van der Waals surface area contributed by atoms with E-state index in [2.05, 4.69) is 26.2 Å². The molecule has 0 fully saturated rings. The first-order chi connectivity index (χ1) is 8.63. The molecule has 0 aliphatic rings. The van der Waals surface area contributed by atoms with Crippen LogP contribution in [0.25, 0.3) is 0 Å². The van der Waals surface area contributed by atoms with E-state index >= 15 is 0 Å². The van der Waals surface area contributed by atoms with Crippen LogP contribution in [0, 0.1) is 0 Å². The third kappa shape index (κ3) is 2.54. The molecule has 0 amide bonds. The van der Waals surface area contributed by atoms with Crippen molar-refractivity contribution >= 4 is 15.9 Å². The Morgan fingerprint density at radius 3 is 2.89 bits per heavy atom. The van der Waals surface area contributed by atoms with Gasteiger partial charge in [-0.25, -0.2) is 4.68 Å². The van der Waals surface area contributed by atoms with Crippen molar-refractivity contribution in [2.45, 2.75) is 13.0 Å². The number of hydrogen-bond donors (Lipinski definition) is 1. The molecule has 1 heterocycles. The second kappa shape index (κ2) is 5.49. The maximum Gasteiger partial charge on any atom is 0.153 e. The molecule has 2 rings (SSSR count). The highest BCUT2D eigenvalue weighted by atomic mass is 79.9. The fraction of sp³-hybridized carbons (Fsp3) is 0.333. The van der Waals surface area contributed by atoms with Gasteiger partial charge < -0.3 is 10.5 Å². The molecule has 18 heavy (non-hydrogen) atoms. The Balaban J connectivity index is 2.34. The Morgan fingerprint density at radius 2 is 2.28 bits per heavy atom. The van der Waals surface area contributed by atoms with Crippen molar-refractivity contribution in [3.8, 4) is 5.75 Å². The van der Waals surface area contributed by atoms with E-state index in [9.17, 15) is 0 Å². The quantitative estimate of drug-likeness (QED) is 0.938. The van der Waals surface area contributed by atoms with Crippen LogP contribution in [0.5, 0.6) is 5.75 Å². The van der Waals surface area contributed by atoms with Gasteiger partial charge >= 0.3 is 0 Å². The molecular weight excluding hydrogens is 296 g/mol. The van der Waals surface area contributed by atoms with Crippen LogP contribution in [-0.4, -0.2) is 21.6 Å². The van der Waals surface area contributed by atoms with Crippen molar-refractivity contribution in [1.82, 2.24) is 15.0 Å². The number of aromatic nitrogens is 3. The first-order valence-electron chi connectivity index (χ1n) is 5.67. The average Bonchev–Trinajstić information content (AvgIpc) is 2.69. The summed E-state index contributed by atoms with van der Waals surface area (Å²) in [4.78, 5) is 0. The zero-order valence-corrected chi connectivity index (χ0v) is 11.9. The zero-order valence-electron chi connectivity index (χ0n) is 10.3. The summed E-state index contributed by atoms with van der Waals surface area (Å²) in [6.45, 7) is 2.59. The van der Waals surface area contributed by atoms with E-state index in [1.807, 2.05) is 38.2 Å². The van der Waals surface area contributed by atoms with Crippen molar-refractivity contribution < 1.29 is 4.74 Å². The van der Waals surface area contributed by atoms with Crippen LogP contribution in [0.15, 0.2) is 28.9 Å². The summed E-state index contributed by atoms with van der Waals surface area (Å²) in [7, 11) is 1.82. The van der Waals surface area contributed by atoms with Crippen molar-refractivity contribution in [3.63, 3.8) is 0 Å². The second-order valence-corrected chi connectivity index (χ2v) is 4.62. The minimum atomic E-state index is -0.292. The minimum absolute atomic E-state index is 0.292. The molecule has 96 valence electrons. The lowest BCUT2D eigenvalue weighted by Gasteiger charge is -2.13. The largest absolute Gasteiger partial charge is 0.494 e. The molecule has 6 heteroatoms. The Labute approximate surface area is 114 Å². The molecule has 1 aromatic carbocycles. The number of hydrogen-bond acceptors (Lipinski definition) is 4. The fourth-order valence-corrected chi connectivity index (χ4v) is 2.37. The zero-order chi connectivity index (χ0) is 13.1. The molecule has 0 aliphatic heterocycles. The van der Waals surface area contributed by atoms with Crippen molar-refractivity contribution in [3.05, 3.63) is 40.1 Å². The van der Waals surface area contributed by atoms with Crippen molar-refractivity contribution in [2.24, 2.45) is 12.8 Å². The van der Waals surface area contributed by atoms with E-state index in [1.54, 1.807) is 4.68 Å². The molecule has 1 atom stereocenters. The number of nitrogens with two attached hydrogens (primary N) is 1. The number of ether oxygens (including phenoxy) is 1. The van der Waals surface area contributed by atoms with Gasteiger partial charge in [0.2, 0.25) is 0 Å². The normalized spacial score (nSPS) is 12.4. The van der Waals surface area contributed by atoms with E-state index in [1.165, 1.54) is 0 Å². The summed E-state index contributed by atoms with van der Waals surface area (Å²) in [5, 5.41) is 7.87. The molecule has 2 N–H and O–H groups in total. The number of aryl methyl sites for hydroxylation is 1. The van der Waals surface area contributed by atoms with Crippen LogP contribution in [-0.2, 0) is 7.05 Å². The highest BCUT2D eigenvalue weighted by Gasteiger charge is 2.18. The van der Waals surface area contributed by atoms with Gasteiger partial charge in [-0.15, -0.1) is 5.10 Å². The maximum absolute atomic E-state index is 6.24. The highest BCUT2D eigenvalue weighted by molar-refractivity contribution is 9.10. The van der Waals surface area contributed by atoms with Crippen LogP contribution in [0.1, 0.15) is 24.2 Å². The Bertz CT molecular complexity index is 521. The predicted octanol–water partition coefficient (Wildman–Crippen LogP) is 2.02. The van der Waals surface area contributed by atoms with Gasteiger partial charge in [0, 0.05) is 7.05 Å². The monoisotopic (exact) mass is 310 g/mol. The lowest BCUT2D eigenvalue weighted by Crippen LogP contribution is -2.16. The third-order valence-electron chi connectivity index (χ3n) is 2.65. The van der Waals surface area contributed by atoms with E-state index in [4.69, 9.17) is 10.5 Å². The van der Waals surface area contributed by atoms with Crippen LogP contribution >= 0.6 is 15.9 Å². The molecule has 1 aromatic heterocycles. The van der Waals surface area contributed by atoms with Crippen LogP contribution in [0.2, 0.25) is 0 Å². The minimum Gasteiger partial charge on any atom is -0.494 e. The lowest BCUT2D eigenvalue weighted by molar-refractivity contribution is 0.339. The van der Waals surface area contributed by atoms with Crippen LogP contribution in [0.4, 0.5) is 0 Å². The SMILES string of the molecule is CCOc1cccc(C(N)c2c(Br)nnn2C)c1. The smallest absolute Gasteiger partial charge is 0.153 e. The van der Waals surface area contributed by atoms with Gasteiger partial charge in [-0.2, -0.15) is 0 Å². The molecule has 0 saturated carbocycles. The van der Waals surface area contributed by atoms with Crippen molar-refractivity contribution in [1.29, 1.82) is 0 Å². The van der Waals surface area contributed by atoms with Gasteiger partial charge in [-0.1, -0.05) is 17.3 Å². The average molecular weight is 311 g/mol. The lowest BCUT2D eigenvalue weighted by atomic mass is 10.0. The number of nitrogens with zero attached hydrogens (tertiary/aromatic N) is 3. The summed E-state index contributed by atoms with van der Waals surface area (Å²) in [5.41, 5.74) is 8.04. The molecule has 0 bridgehead atoms. The molecule has 5 nitrogen and oxygen atoms in total. The van der Waals surface area contributed by atoms with E-state index in [0.29, 0.717) is 11.2 Å². The van der Waals surface area contributed by atoms with Gasteiger partial charge in [0.15, 0.2) is 4.60 Å². The van der Waals surface area contributed by atoms with Gasteiger partial charge in [-0.05, 0) is 40.5 Å². The van der Waals surface area contributed by atoms with Crippen LogP contribution in [0.3, 0.4) is 0 Å². The summed E-state index contributed by atoms with van der Waals surface area (Å²) in [5.74, 6) is 0.816. The molecular formula is C12H15BrN4O. The molecule has 0 spiro atoms.